The first-order chi connectivity index (χ1) is 28.8. The van der Waals surface area contributed by atoms with Crippen LogP contribution >= 0.6 is 0 Å². The highest BCUT2D eigenvalue weighted by Crippen LogP contribution is 2.35. The second kappa shape index (κ2) is 17.9. The van der Waals surface area contributed by atoms with Crippen LogP contribution in [0.2, 0.25) is 6.32 Å². The molecular formula is C44H15B17. The van der Waals surface area contributed by atoms with Gasteiger partial charge in [0.15, 0.2) is 0 Å². The third kappa shape index (κ3) is 7.65. The van der Waals surface area contributed by atoms with E-state index in [2.05, 4.69) is 11.8 Å². The van der Waals surface area contributed by atoms with Gasteiger partial charge >= 0.3 is 0 Å². The Morgan fingerprint density at radius 1 is 0.541 bits per heavy atom. The number of allylic oxidation sites excluding steroid dienone is 5. The van der Waals surface area contributed by atoms with E-state index in [0.717, 1.165) is 11.1 Å². The molecule has 1 aliphatic carbocycles. The highest BCUT2D eigenvalue weighted by molar-refractivity contribution is 6.65. The van der Waals surface area contributed by atoms with Gasteiger partial charge in [-0.15, -0.1) is 45.7 Å². The zero-order valence-electron chi connectivity index (χ0n) is 33.1. The van der Waals surface area contributed by atoms with Crippen LogP contribution < -0.4 is 70.5 Å². The molecule has 0 saturated heterocycles. The monoisotopic (exact) mass is 730 g/mol. The Hall–Kier alpha value is -4.72. The summed E-state index contributed by atoms with van der Waals surface area (Å²) in [5.41, 5.74) is 2.92. The number of terminal acetylenes is 2. The summed E-state index contributed by atoms with van der Waals surface area (Å²) in [6, 6.07) is 17.3. The normalized spacial score (nSPS) is 14.0. The zero-order chi connectivity index (χ0) is 44.9. The molecule has 5 aromatic rings. The quantitative estimate of drug-likeness (QED) is 0.116. The molecule has 0 N–H and O–H groups in total. The van der Waals surface area contributed by atoms with Gasteiger partial charge in [0.05, 0.1) is 7.85 Å². The van der Waals surface area contributed by atoms with Gasteiger partial charge in [-0.3, -0.25) is 0 Å². The molecule has 0 spiro atoms. The summed E-state index contributed by atoms with van der Waals surface area (Å²) >= 11 is 0. The molecule has 61 heavy (non-hydrogen) atoms. The van der Waals surface area contributed by atoms with Crippen LogP contribution in [0.15, 0.2) is 82.1 Å². The lowest BCUT2D eigenvalue weighted by Crippen LogP contribution is -2.66. The molecule has 34 radical (unpaired) electrons. The predicted molar refractivity (Wildman–Crippen MR) is 275 cm³/mol. The van der Waals surface area contributed by atoms with Gasteiger partial charge in [0.1, 0.15) is 126 Å². The Kier molecular flexibility index (Phi) is 13.5. The van der Waals surface area contributed by atoms with E-state index in [-0.39, 0.29) is 144 Å². The minimum Gasteiger partial charge on any atom is -0.132 e. The molecule has 6 rings (SSSR count). The molecule has 0 aromatic heterocycles. The molecule has 0 nitrogen and oxygen atoms in total. The molecule has 0 amide bonds. The van der Waals surface area contributed by atoms with E-state index in [4.69, 9.17) is 146 Å². The Morgan fingerprint density at radius 2 is 1.05 bits per heavy atom. The van der Waals surface area contributed by atoms with Crippen LogP contribution in [0.5, 0.6) is 0 Å². The molecule has 5 aromatic carbocycles. The summed E-state index contributed by atoms with van der Waals surface area (Å²) in [4.78, 5) is 0. The maximum absolute atomic E-state index is 7.02. The van der Waals surface area contributed by atoms with E-state index < -0.39 is 0 Å². The molecule has 0 unspecified atom stereocenters. The standard InChI is InChI=1S/C44H15B17/c1-3-19-26(36(53)42(59)40(57)28(19)32(49)23(47)15-45)25-21(31(48)33(50)22(46)4-2)14-20(27-30(25)41(58)44(61)43(60)37(27)54)29-38(55)34(51)24(35(52)39(29)56)18-12-8-11-17(13-18)16-9-6-5-7-10-16/h1-2,5-13H,14-15H2/b31-21-,32-23-,33-22-. The highest BCUT2D eigenvalue weighted by Gasteiger charge is 2.30. The molecular weight excluding hydrogens is 712 g/mol. The first-order valence-corrected chi connectivity index (χ1v) is 18.4. The third-order valence-electron chi connectivity index (χ3n) is 11.0. The van der Waals surface area contributed by atoms with Crippen LogP contribution in [0, 0.1) is 24.7 Å². The maximum Gasteiger partial charge on any atom is 0.125 e. The topological polar surface area (TPSA) is 0 Å². The van der Waals surface area contributed by atoms with E-state index in [9.17, 15) is 0 Å². The van der Waals surface area contributed by atoms with Crippen molar-refractivity contribution in [2.24, 2.45) is 0 Å². The van der Waals surface area contributed by atoms with Gasteiger partial charge in [-0.25, -0.2) is 0 Å². The van der Waals surface area contributed by atoms with Gasteiger partial charge < -0.3 is 0 Å². The second-order valence-corrected chi connectivity index (χ2v) is 14.3. The van der Waals surface area contributed by atoms with Crippen molar-refractivity contribution in [2.45, 2.75) is 12.7 Å². The number of hydrogen-bond acceptors (Lipinski definition) is 0. The zero-order valence-corrected chi connectivity index (χ0v) is 33.1. The average molecular weight is 727 g/mol. The first-order valence-electron chi connectivity index (χ1n) is 18.4. The highest BCUT2D eigenvalue weighted by atomic mass is 14.3. The summed E-state index contributed by atoms with van der Waals surface area (Å²) in [5, 5.41) is 0.308. The van der Waals surface area contributed by atoms with Crippen molar-refractivity contribution in [2.75, 3.05) is 0 Å². The Labute approximate surface area is 382 Å². The number of hydrogen-bond donors (Lipinski definition) is 0. The number of benzene rings is 5. The van der Waals surface area contributed by atoms with E-state index in [1.807, 2.05) is 54.6 Å². The molecule has 0 heterocycles. The van der Waals surface area contributed by atoms with Crippen molar-refractivity contribution in [1.82, 2.24) is 0 Å². The predicted octanol–water partition coefficient (Wildman–Crippen LogP) is -7.27. The Balaban J connectivity index is 1.90. The first kappa shape index (κ1) is 45.8. The second-order valence-electron chi connectivity index (χ2n) is 14.3. The third-order valence-corrected chi connectivity index (χ3v) is 11.0. The summed E-state index contributed by atoms with van der Waals surface area (Å²) < 4.78 is 0. The molecule has 0 atom stereocenters. The summed E-state index contributed by atoms with van der Waals surface area (Å²) in [7, 11) is 113. The lowest BCUT2D eigenvalue weighted by molar-refractivity contribution is 1.24. The van der Waals surface area contributed by atoms with Crippen LogP contribution in [-0.4, -0.2) is 133 Å². The van der Waals surface area contributed by atoms with Crippen LogP contribution in [0.4, 0.5) is 0 Å². The lowest BCUT2D eigenvalue weighted by Gasteiger charge is -2.33. The van der Waals surface area contributed by atoms with Crippen molar-refractivity contribution in [1.29, 1.82) is 0 Å². The molecule has 0 saturated carbocycles. The van der Waals surface area contributed by atoms with Crippen molar-refractivity contribution in [3.05, 3.63) is 115 Å². The SMILES string of the molecule is [B]C/C([B])=C(/[B])c1c([B])c([B])c([B])c(C2=c3c([B])c([B])c([B])c([B])c3=C(c3c([B])c([B])c(-c4cccc(-c5ccccc5)c4)c([B])c3[B])C/C2=C([B])\C([B])=C(\[B])C#C)c1C#C. The van der Waals surface area contributed by atoms with E-state index in [0.29, 0.717) is 16.7 Å². The molecule has 0 bridgehead atoms. The number of rotatable bonds is 7. The van der Waals surface area contributed by atoms with Gasteiger partial charge in [-0.1, -0.05) is 121 Å². The maximum atomic E-state index is 7.02. The summed E-state index contributed by atoms with van der Waals surface area (Å²) in [5.74, 6) is 4.94. The van der Waals surface area contributed by atoms with Crippen LogP contribution in [-0.2, 0) is 0 Å². The minimum atomic E-state index is -0.213. The molecule has 0 aliphatic heterocycles. The van der Waals surface area contributed by atoms with E-state index >= 15 is 0 Å². The molecule has 17 heteroatoms. The fraction of sp³-hybridized carbons (Fsp3) is 0.0455. The van der Waals surface area contributed by atoms with Gasteiger partial charge in [-0.2, -0.15) is 0 Å². The van der Waals surface area contributed by atoms with Gasteiger partial charge in [0, 0.05) is 5.56 Å². The minimum absolute atomic E-state index is 0.0169. The van der Waals surface area contributed by atoms with Crippen molar-refractivity contribution >= 4 is 210 Å². The Bertz CT molecular complexity index is 3020. The lowest BCUT2D eigenvalue weighted by atomic mass is 9.57. The Morgan fingerprint density at radius 3 is 1.61 bits per heavy atom. The molecule has 242 valence electrons. The smallest absolute Gasteiger partial charge is 0.125 e. The fourth-order valence-electron chi connectivity index (χ4n) is 7.72. The average Bonchev–Trinajstić information content (AvgIpc) is 3.27. The van der Waals surface area contributed by atoms with E-state index in [1.54, 1.807) is 0 Å². The summed E-state index contributed by atoms with van der Waals surface area (Å²) in [6.07, 6.45) is 11.6. The van der Waals surface area contributed by atoms with Crippen molar-refractivity contribution in [3.8, 4) is 46.9 Å². The summed E-state index contributed by atoms with van der Waals surface area (Å²) in [6.45, 7) is 0. The van der Waals surface area contributed by atoms with Gasteiger partial charge in [0.2, 0.25) is 0 Å². The van der Waals surface area contributed by atoms with Gasteiger partial charge in [-0.05, 0) is 78.6 Å². The van der Waals surface area contributed by atoms with Crippen LogP contribution in [0.1, 0.15) is 28.7 Å². The molecule has 0 fully saturated rings. The van der Waals surface area contributed by atoms with Crippen LogP contribution in [0.25, 0.3) is 38.9 Å². The fourth-order valence-corrected chi connectivity index (χ4v) is 7.72. The van der Waals surface area contributed by atoms with Gasteiger partial charge in [0.25, 0.3) is 0 Å². The van der Waals surface area contributed by atoms with Crippen LogP contribution in [0.3, 0.4) is 0 Å². The van der Waals surface area contributed by atoms with Crippen molar-refractivity contribution < 1.29 is 0 Å². The van der Waals surface area contributed by atoms with E-state index in [1.165, 1.54) is 0 Å². The molecule has 1 aliphatic rings. The van der Waals surface area contributed by atoms with Crippen molar-refractivity contribution in [3.63, 3.8) is 0 Å². The number of fused-ring (bicyclic) bond motifs is 1. The largest absolute Gasteiger partial charge is 0.132 e.